The number of nitrogens with two attached hydrogens (primary N) is 1. The molecule has 0 spiro atoms. The molecule has 136 valence electrons. The van der Waals surface area contributed by atoms with Gasteiger partial charge in [0.15, 0.2) is 5.69 Å². The topological polar surface area (TPSA) is 81.2 Å². The van der Waals surface area contributed by atoms with E-state index in [4.69, 9.17) is 10.2 Å². The number of nitrogens with zero attached hydrogens (tertiary/aromatic N) is 1. The fourth-order valence-corrected chi connectivity index (χ4v) is 2.72. The van der Waals surface area contributed by atoms with Crippen LogP contribution in [-0.2, 0) is 6.42 Å². The minimum atomic E-state index is -0.368. The maximum Gasteiger partial charge on any atom is 0.273 e. The number of aromatic nitrogens is 1. The van der Waals surface area contributed by atoms with Crippen molar-refractivity contribution in [1.82, 2.24) is 10.3 Å². The van der Waals surface area contributed by atoms with Crippen LogP contribution in [0.4, 0.5) is 0 Å². The van der Waals surface area contributed by atoms with E-state index in [1.165, 1.54) is 12.7 Å². The van der Waals surface area contributed by atoms with Crippen molar-refractivity contribution in [3.8, 4) is 0 Å². The van der Waals surface area contributed by atoms with E-state index < -0.39 is 0 Å². The van der Waals surface area contributed by atoms with Crippen LogP contribution in [0.1, 0.15) is 68.0 Å². The number of oxazole rings is 1. The Bertz CT molecular complexity index is 652. The molecular weight excluding hydrogens is 314 g/mol. The smallest absolute Gasteiger partial charge is 0.273 e. The van der Waals surface area contributed by atoms with E-state index in [9.17, 15) is 4.79 Å². The molecule has 0 saturated heterocycles. The Hall–Kier alpha value is -2.14. The van der Waals surface area contributed by atoms with Gasteiger partial charge in [-0.2, -0.15) is 0 Å². The van der Waals surface area contributed by atoms with E-state index in [0.717, 1.165) is 18.4 Å². The normalized spacial score (nSPS) is 13.6. The molecule has 0 saturated carbocycles. The predicted molar refractivity (Wildman–Crippen MR) is 99.2 cm³/mol. The second kappa shape index (κ2) is 9.37. The summed E-state index contributed by atoms with van der Waals surface area (Å²) in [4.78, 5) is 16.5. The maximum absolute atomic E-state index is 12.3. The molecule has 0 radical (unpaired) electrons. The van der Waals surface area contributed by atoms with E-state index in [0.29, 0.717) is 18.2 Å². The van der Waals surface area contributed by atoms with Crippen molar-refractivity contribution in [3.05, 3.63) is 53.7 Å². The molecule has 2 aromatic rings. The molecule has 5 heteroatoms. The summed E-state index contributed by atoms with van der Waals surface area (Å²) in [5.41, 5.74) is 7.54. The quantitative estimate of drug-likeness (QED) is 0.724. The van der Waals surface area contributed by atoms with E-state index in [2.05, 4.69) is 24.1 Å². The van der Waals surface area contributed by atoms with E-state index in [-0.39, 0.29) is 23.7 Å². The lowest BCUT2D eigenvalue weighted by molar-refractivity contribution is 0.0932. The standard InChI is InChI=1S/C20H29N3O2/c1-14(2)8-7-9-15(3)22-19(24)18-13-25-20(23-18)17(21)12-16-10-5-4-6-11-16/h4-6,10-11,13-15,17H,7-9,12,21H2,1-3H3,(H,22,24). The molecule has 0 fully saturated rings. The summed E-state index contributed by atoms with van der Waals surface area (Å²) in [5.74, 6) is 0.868. The van der Waals surface area contributed by atoms with Gasteiger partial charge in [-0.05, 0) is 31.2 Å². The number of carbonyl (C=O) groups is 1. The van der Waals surface area contributed by atoms with E-state index in [1.54, 1.807) is 0 Å². The van der Waals surface area contributed by atoms with Crippen LogP contribution in [0.15, 0.2) is 41.0 Å². The van der Waals surface area contributed by atoms with Crippen molar-refractivity contribution in [3.63, 3.8) is 0 Å². The molecule has 2 unspecified atom stereocenters. The first-order valence-corrected chi connectivity index (χ1v) is 9.01. The molecule has 1 amide bonds. The zero-order valence-corrected chi connectivity index (χ0v) is 15.4. The molecule has 0 aliphatic rings. The molecule has 25 heavy (non-hydrogen) atoms. The zero-order chi connectivity index (χ0) is 18.2. The van der Waals surface area contributed by atoms with Crippen molar-refractivity contribution < 1.29 is 9.21 Å². The first-order chi connectivity index (χ1) is 12.0. The lowest BCUT2D eigenvalue weighted by Crippen LogP contribution is -2.32. The van der Waals surface area contributed by atoms with Gasteiger partial charge in [0.1, 0.15) is 6.26 Å². The molecule has 0 bridgehead atoms. The summed E-state index contributed by atoms with van der Waals surface area (Å²) in [6.45, 7) is 6.43. The van der Waals surface area contributed by atoms with Crippen LogP contribution in [-0.4, -0.2) is 16.9 Å². The zero-order valence-electron chi connectivity index (χ0n) is 15.4. The third-order valence-corrected chi connectivity index (χ3v) is 4.17. The highest BCUT2D eigenvalue weighted by Gasteiger charge is 2.18. The largest absolute Gasteiger partial charge is 0.446 e. The number of amides is 1. The van der Waals surface area contributed by atoms with Crippen LogP contribution in [0.2, 0.25) is 0 Å². The molecule has 3 N–H and O–H groups in total. The minimum Gasteiger partial charge on any atom is -0.446 e. The average Bonchev–Trinajstić information content (AvgIpc) is 3.05. The van der Waals surface area contributed by atoms with Crippen LogP contribution in [0.25, 0.3) is 0 Å². The average molecular weight is 343 g/mol. The fourth-order valence-electron chi connectivity index (χ4n) is 2.72. The summed E-state index contributed by atoms with van der Waals surface area (Å²) < 4.78 is 5.42. The molecule has 2 rings (SSSR count). The Balaban J connectivity index is 1.86. The first kappa shape index (κ1) is 19.2. The lowest BCUT2D eigenvalue weighted by Gasteiger charge is -2.13. The van der Waals surface area contributed by atoms with Crippen molar-refractivity contribution in [2.45, 2.75) is 58.5 Å². The van der Waals surface area contributed by atoms with Crippen LogP contribution >= 0.6 is 0 Å². The summed E-state index contributed by atoms with van der Waals surface area (Å²) in [6, 6.07) is 9.67. The monoisotopic (exact) mass is 343 g/mol. The van der Waals surface area contributed by atoms with Crippen molar-refractivity contribution >= 4 is 5.91 Å². The predicted octanol–water partition coefficient (Wildman–Crippen LogP) is 3.86. The third kappa shape index (κ3) is 6.35. The van der Waals surface area contributed by atoms with Crippen molar-refractivity contribution in [1.29, 1.82) is 0 Å². The highest BCUT2D eigenvalue weighted by molar-refractivity contribution is 5.92. The Labute approximate surface area is 150 Å². The summed E-state index contributed by atoms with van der Waals surface area (Å²) in [5, 5.41) is 2.97. The summed E-state index contributed by atoms with van der Waals surface area (Å²) in [6.07, 6.45) is 5.24. The first-order valence-electron chi connectivity index (χ1n) is 9.01. The summed E-state index contributed by atoms with van der Waals surface area (Å²) in [7, 11) is 0. The Kier molecular flexibility index (Phi) is 7.19. The lowest BCUT2D eigenvalue weighted by atomic mass is 10.0. The number of hydrogen-bond donors (Lipinski definition) is 2. The minimum absolute atomic E-state index is 0.115. The van der Waals surface area contributed by atoms with Crippen molar-refractivity contribution in [2.24, 2.45) is 11.7 Å². The Morgan fingerprint density at radius 3 is 2.60 bits per heavy atom. The molecule has 1 aromatic heterocycles. The Morgan fingerprint density at radius 1 is 1.20 bits per heavy atom. The molecule has 1 aromatic carbocycles. The number of benzene rings is 1. The molecule has 0 aliphatic heterocycles. The number of hydrogen-bond acceptors (Lipinski definition) is 4. The van der Waals surface area contributed by atoms with Gasteiger partial charge >= 0.3 is 0 Å². The van der Waals surface area contributed by atoms with Crippen molar-refractivity contribution in [2.75, 3.05) is 0 Å². The highest BCUT2D eigenvalue weighted by atomic mass is 16.3. The number of rotatable bonds is 9. The molecular formula is C20H29N3O2. The molecule has 0 aliphatic carbocycles. The van der Waals surface area contributed by atoms with Gasteiger partial charge in [-0.15, -0.1) is 0 Å². The van der Waals surface area contributed by atoms with Crippen LogP contribution in [0.5, 0.6) is 0 Å². The Morgan fingerprint density at radius 2 is 1.92 bits per heavy atom. The van der Waals surface area contributed by atoms with E-state index >= 15 is 0 Å². The van der Waals surface area contributed by atoms with Gasteiger partial charge in [-0.25, -0.2) is 4.98 Å². The van der Waals surface area contributed by atoms with Crippen LogP contribution in [0.3, 0.4) is 0 Å². The SMILES string of the molecule is CC(C)CCCC(C)NC(=O)c1coc(C(N)Cc2ccccc2)n1. The second-order valence-corrected chi connectivity index (χ2v) is 7.07. The highest BCUT2D eigenvalue weighted by Crippen LogP contribution is 2.16. The van der Waals surface area contributed by atoms with Gasteiger partial charge in [-0.3, -0.25) is 4.79 Å². The second-order valence-electron chi connectivity index (χ2n) is 7.07. The summed E-state index contributed by atoms with van der Waals surface area (Å²) >= 11 is 0. The van der Waals surface area contributed by atoms with Crippen LogP contribution in [0, 0.1) is 5.92 Å². The molecule has 5 nitrogen and oxygen atoms in total. The fraction of sp³-hybridized carbons (Fsp3) is 0.500. The van der Waals surface area contributed by atoms with Gasteiger partial charge in [0.2, 0.25) is 5.89 Å². The van der Waals surface area contributed by atoms with Crippen LogP contribution < -0.4 is 11.1 Å². The van der Waals surface area contributed by atoms with Gasteiger partial charge in [-0.1, -0.05) is 57.0 Å². The van der Waals surface area contributed by atoms with Gasteiger partial charge in [0.25, 0.3) is 5.91 Å². The van der Waals surface area contributed by atoms with E-state index in [1.807, 2.05) is 37.3 Å². The maximum atomic E-state index is 12.3. The number of carbonyl (C=O) groups excluding carboxylic acids is 1. The molecule has 2 atom stereocenters. The number of nitrogens with one attached hydrogen (secondary N) is 1. The van der Waals surface area contributed by atoms with Gasteiger partial charge in [0.05, 0.1) is 6.04 Å². The third-order valence-electron chi connectivity index (χ3n) is 4.17. The van der Waals surface area contributed by atoms with Gasteiger partial charge in [0, 0.05) is 6.04 Å². The van der Waals surface area contributed by atoms with Gasteiger partial charge < -0.3 is 15.5 Å². The molecule has 1 heterocycles.